The summed E-state index contributed by atoms with van der Waals surface area (Å²) in [5, 5.41) is 10.1. The molecule has 2 aliphatic rings. The maximum Gasteiger partial charge on any atom is 0.283 e. The van der Waals surface area contributed by atoms with E-state index in [0.29, 0.717) is 17.2 Å². The normalized spacial score (nSPS) is 18.9. The number of amidine groups is 1. The Hall–Kier alpha value is -3.58. The van der Waals surface area contributed by atoms with Gasteiger partial charge in [0.25, 0.3) is 6.02 Å². The van der Waals surface area contributed by atoms with E-state index < -0.39 is 11.1 Å². The number of aliphatic imine (C=N–C) groups is 1. The average Bonchev–Trinajstić information content (AvgIpc) is 3.15. The highest BCUT2D eigenvalue weighted by atomic mass is 16.5. The molecule has 0 saturated heterocycles. The van der Waals surface area contributed by atoms with Gasteiger partial charge in [0.2, 0.25) is 0 Å². The molecule has 1 unspecified atom stereocenters. The Labute approximate surface area is 186 Å². The zero-order valence-electron chi connectivity index (χ0n) is 18.3. The zero-order valence-corrected chi connectivity index (χ0v) is 18.3. The van der Waals surface area contributed by atoms with E-state index in [0.717, 1.165) is 27.8 Å². The van der Waals surface area contributed by atoms with Gasteiger partial charge in [-0.05, 0) is 56.7 Å². The molecule has 0 saturated carbocycles. The first-order valence-electron chi connectivity index (χ1n) is 10.5. The van der Waals surface area contributed by atoms with Crippen molar-refractivity contribution in [3.8, 4) is 28.4 Å². The van der Waals surface area contributed by atoms with Crippen LogP contribution in [0.4, 0.5) is 0 Å². The molecule has 1 atom stereocenters. The summed E-state index contributed by atoms with van der Waals surface area (Å²) < 4.78 is 17.9. The highest BCUT2D eigenvalue weighted by molar-refractivity contribution is 5.78. The van der Waals surface area contributed by atoms with Crippen LogP contribution in [-0.2, 0) is 10.3 Å². The van der Waals surface area contributed by atoms with Crippen LogP contribution < -0.4 is 15.2 Å². The van der Waals surface area contributed by atoms with Gasteiger partial charge in [0, 0.05) is 34.6 Å². The molecule has 5 rings (SSSR count). The summed E-state index contributed by atoms with van der Waals surface area (Å²) in [6.07, 6.45) is 3.57. The number of hydrogen-bond donors (Lipinski definition) is 2. The number of aromatic nitrogens is 1. The molecule has 0 bridgehead atoms. The van der Waals surface area contributed by atoms with E-state index in [1.54, 1.807) is 20.0 Å². The molecule has 1 spiro atoms. The summed E-state index contributed by atoms with van der Waals surface area (Å²) in [5.74, 6) is 2.04. The third kappa shape index (κ3) is 3.35. The van der Waals surface area contributed by atoms with Crippen LogP contribution in [0.25, 0.3) is 11.1 Å². The van der Waals surface area contributed by atoms with Crippen LogP contribution in [0.5, 0.6) is 17.2 Å². The van der Waals surface area contributed by atoms with Gasteiger partial charge in [0.05, 0.1) is 5.60 Å². The van der Waals surface area contributed by atoms with Gasteiger partial charge in [-0.2, -0.15) is 0 Å². The lowest BCUT2D eigenvalue weighted by Crippen LogP contribution is -2.32. The number of fused-ring (bicyclic) bond motifs is 4. The molecule has 3 aromatic rings. The Morgan fingerprint density at radius 1 is 1.16 bits per heavy atom. The Bertz CT molecular complexity index is 1220. The van der Waals surface area contributed by atoms with E-state index in [9.17, 15) is 5.11 Å². The Balaban J connectivity index is 1.67. The van der Waals surface area contributed by atoms with Crippen molar-refractivity contribution in [1.29, 1.82) is 0 Å². The van der Waals surface area contributed by atoms with Crippen LogP contribution in [0, 0.1) is 6.92 Å². The molecule has 0 amide bonds. The van der Waals surface area contributed by atoms with Gasteiger partial charge in [-0.1, -0.05) is 12.1 Å². The highest BCUT2D eigenvalue weighted by Crippen LogP contribution is 2.54. The number of nitrogens with zero attached hydrogens (tertiary/aromatic N) is 2. The summed E-state index contributed by atoms with van der Waals surface area (Å²) in [4.78, 5) is 9.02. The van der Waals surface area contributed by atoms with E-state index in [1.807, 2.05) is 49.5 Å². The number of hydrogen-bond acceptors (Lipinski definition) is 7. The summed E-state index contributed by atoms with van der Waals surface area (Å²) in [6, 6.07) is 13.8. The fourth-order valence-corrected chi connectivity index (χ4v) is 4.28. The van der Waals surface area contributed by atoms with Crippen LogP contribution in [0.15, 0.2) is 59.9 Å². The van der Waals surface area contributed by atoms with Gasteiger partial charge in [-0.3, -0.25) is 4.98 Å². The Morgan fingerprint density at radius 2 is 1.97 bits per heavy atom. The first-order valence-corrected chi connectivity index (χ1v) is 10.5. The monoisotopic (exact) mass is 431 g/mol. The standard InChI is InChI=1S/C25H25N3O4/c1-15-19(30-13-24(2,3)29)8-9-21-22(15)25(14-31-23(26)28-25)18-11-16(6-7-20(18)32-21)17-5-4-10-27-12-17/h4-12,29H,13-14H2,1-3H3,(H2,26,28). The smallest absolute Gasteiger partial charge is 0.283 e. The minimum atomic E-state index is -0.958. The van der Waals surface area contributed by atoms with Crippen molar-refractivity contribution < 1.29 is 19.3 Å². The van der Waals surface area contributed by atoms with E-state index in [1.165, 1.54) is 0 Å². The van der Waals surface area contributed by atoms with Crippen molar-refractivity contribution in [3.05, 3.63) is 71.5 Å². The maximum absolute atomic E-state index is 10.1. The van der Waals surface area contributed by atoms with Gasteiger partial charge in [0.15, 0.2) is 5.54 Å². The van der Waals surface area contributed by atoms with Crippen LogP contribution in [0.2, 0.25) is 0 Å². The van der Waals surface area contributed by atoms with Crippen LogP contribution in [0.3, 0.4) is 0 Å². The molecule has 7 heteroatoms. The molecule has 0 radical (unpaired) electrons. The lowest BCUT2D eigenvalue weighted by Gasteiger charge is -2.35. The highest BCUT2D eigenvalue weighted by Gasteiger charge is 2.48. The number of benzene rings is 2. The molecule has 3 N–H and O–H groups in total. The fourth-order valence-electron chi connectivity index (χ4n) is 4.28. The summed E-state index contributed by atoms with van der Waals surface area (Å²) in [6.45, 7) is 5.79. The van der Waals surface area contributed by atoms with E-state index in [4.69, 9.17) is 24.9 Å². The third-order valence-electron chi connectivity index (χ3n) is 5.74. The van der Waals surface area contributed by atoms with E-state index in [2.05, 4.69) is 11.1 Å². The minimum absolute atomic E-state index is 0.137. The molecular formula is C25H25N3O4. The van der Waals surface area contributed by atoms with Crippen molar-refractivity contribution >= 4 is 6.02 Å². The molecule has 164 valence electrons. The van der Waals surface area contributed by atoms with Crippen LogP contribution >= 0.6 is 0 Å². The number of nitrogens with two attached hydrogens (primary N) is 1. The second-order valence-electron chi connectivity index (χ2n) is 8.82. The molecule has 32 heavy (non-hydrogen) atoms. The molecular weight excluding hydrogens is 406 g/mol. The van der Waals surface area contributed by atoms with Crippen molar-refractivity contribution in [2.75, 3.05) is 13.2 Å². The summed E-state index contributed by atoms with van der Waals surface area (Å²) in [5.41, 5.74) is 8.78. The molecule has 2 aromatic carbocycles. The number of aliphatic hydroxyl groups is 1. The number of rotatable bonds is 4. The lowest BCUT2D eigenvalue weighted by atomic mass is 9.78. The minimum Gasteiger partial charge on any atom is -0.490 e. The Morgan fingerprint density at radius 3 is 2.66 bits per heavy atom. The number of pyridine rings is 1. The fraction of sp³-hybridized carbons (Fsp3) is 0.280. The second-order valence-corrected chi connectivity index (χ2v) is 8.82. The largest absolute Gasteiger partial charge is 0.490 e. The quantitative estimate of drug-likeness (QED) is 0.650. The van der Waals surface area contributed by atoms with Gasteiger partial charge in [-0.15, -0.1) is 0 Å². The molecule has 2 aliphatic heterocycles. The molecule has 0 fully saturated rings. The van der Waals surface area contributed by atoms with Crippen molar-refractivity contribution in [2.45, 2.75) is 31.9 Å². The predicted molar refractivity (Wildman–Crippen MR) is 121 cm³/mol. The Kier molecular flexibility index (Phi) is 4.60. The van der Waals surface area contributed by atoms with Gasteiger partial charge in [0.1, 0.15) is 30.5 Å². The molecule has 7 nitrogen and oxygen atoms in total. The van der Waals surface area contributed by atoms with Crippen LogP contribution in [-0.4, -0.2) is 34.9 Å². The molecule has 1 aromatic heterocycles. The van der Waals surface area contributed by atoms with Crippen molar-refractivity contribution in [3.63, 3.8) is 0 Å². The maximum atomic E-state index is 10.1. The lowest BCUT2D eigenvalue weighted by molar-refractivity contribution is 0.0282. The average molecular weight is 431 g/mol. The first kappa shape index (κ1) is 20.3. The van der Waals surface area contributed by atoms with Crippen molar-refractivity contribution in [2.24, 2.45) is 10.7 Å². The van der Waals surface area contributed by atoms with Gasteiger partial charge >= 0.3 is 0 Å². The number of ether oxygens (including phenoxy) is 3. The second kappa shape index (κ2) is 7.24. The van der Waals surface area contributed by atoms with Crippen molar-refractivity contribution in [1.82, 2.24) is 4.98 Å². The van der Waals surface area contributed by atoms with E-state index in [-0.39, 0.29) is 19.2 Å². The summed E-state index contributed by atoms with van der Waals surface area (Å²) >= 11 is 0. The SMILES string of the molecule is Cc1c(OCC(C)(C)O)ccc2c1C1(COC(N)=N1)c1cc(-c3cccnc3)ccc1O2. The zero-order chi connectivity index (χ0) is 22.5. The molecule has 3 heterocycles. The predicted octanol–water partition coefficient (Wildman–Crippen LogP) is 3.90. The van der Waals surface area contributed by atoms with Crippen LogP contribution in [0.1, 0.15) is 30.5 Å². The first-order chi connectivity index (χ1) is 15.3. The summed E-state index contributed by atoms with van der Waals surface area (Å²) in [7, 11) is 0. The van der Waals surface area contributed by atoms with Gasteiger partial charge < -0.3 is 25.1 Å². The van der Waals surface area contributed by atoms with Gasteiger partial charge in [-0.25, -0.2) is 4.99 Å². The third-order valence-corrected chi connectivity index (χ3v) is 5.74. The topological polar surface area (TPSA) is 99.2 Å². The molecule has 0 aliphatic carbocycles. The van der Waals surface area contributed by atoms with E-state index >= 15 is 0 Å².